The molecule has 2 aromatic carbocycles. The van der Waals surface area contributed by atoms with Gasteiger partial charge in [0, 0.05) is 12.2 Å². The van der Waals surface area contributed by atoms with Crippen molar-refractivity contribution in [2.45, 2.75) is 6.10 Å². The third-order valence-electron chi connectivity index (χ3n) is 3.22. The molecule has 6 heteroatoms. The van der Waals surface area contributed by atoms with E-state index in [1.54, 1.807) is 4.68 Å². The Morgan fingerprint density at radius 2 is 1.86 bits per heavy atom. The number of aliphatic hydroxyl groups is 2. The molecule has 6 nitrogen and oxygen atoms in total. The highest BCUT2D eigenvalue weighted by Crippen LogP contribution is 2.17. The van der Waals surface area contributed by atoms with Crippen molar-refractivity contribution in [3.05, 3.63) is 48.5 Å². The second-order valence-electron chi connectivity index (χ2n) is 4.75. The maximum Gasteiger partial charge on any atom is 0.113 e. The second-order valence-corrected chi connectivity index (χ2v) is 4.75. The van der Waals surface area contributed by atoms with Crippen molar-refractivity contribution in [2.75, 3.05) is 18.5 Å². The molecular formula is C15H16N4O2. The summed E-state index contributed by atoms with van der Waals surface area (Å²) < 4.78 is 1.78. The van der Waals surface area contributed by atoms with Gasteiger partial charge in [0.2, 0.25) is 0 Å². The van der Waals surface area contributed by atoms with Crippen LogP contribution in [0.15, 0.2) is 48.5 Å². The summed E-state index contributed by atoms with van der Waals surface area (Å²) in [7, 11) is 0. The Hall–Kier alpha value is -2.44. The molecule has 21 heavy (non-hydrogen) atoms. The first-order chi connectivity index (χ1) is 10.3. The van der Waals surface area contributed by atoms with Gasteiger partial charge >= 0.3 is 0 Å². The lowest BCUT2D eigenvalue weighted by molar-refractivity contribution is 0.105. The summed E-state index contributed by atoms with van der Waals surface area (Å²) in [5.74, 6) is 0. The molecule has 1 atom stereocenters. The van der Waals surface area contributed by atoms with Crippen LogP contribution in [0.2, 0.25) is 0 Å². The molecule has 0 saturated heterocycles. The van der Waals surface area contributed by atoms with Crippen LogP contribution in [-0.2, 0) is 0 Å². The van der Waals surface area contributed by atoms with Gasteiger partial charge in [0.1, 0.15) is 5.52 Å². The number of fused-ring (bicyclic) bond motifs is 1. The van der Waals surface area contributed by atoms with Crippen LogP contribution in [-0.4, -0.2) is 44.5 Å². The van der Waals surface area contributed by atoms with Crippen LogP contribution in [0.25, 0.3) is 16.7 Å². The van der Waals surface area contributed by atoms with Crippen LogP contribution in [0.4, 0.5) is 5.69 Å². The zero-order valence-corrected chi connectivity index (χ0v) is 11.3. The summed E-state index contributed by atoms with van der Waals surface area (Å²) in [6, 6.07) is 15.4. The van der Waals surface area contributed by atoms with E-state index in [4.69, 9.17) is 5.11 Å². The lowest BCUT2D eigenvalue weighted by Crippen LogP contribution is -2.22. The normalized spacial score (nSPS) is 12.5. The van der Waals surface area contributed by atoms with E-state index in [0.717, 1.165) is 22.4 Å². The van der Waals surface area contributed by atoms with Crippen molar-refractivity contribution in [1.29, 1.82) is 0 Å². The number of benzene rings is 2. The zero-order valence-electron chi connectivity index (χ0n) is 11.3. The van der Waals surface area contributed by atoms with Crippen LogP contribution in [0, 0.1) is 0 Å². The molecule has 1 unspecified atom stereocenters. The van der Waals surface area contributed by atoms with Crippen molar-refractivity contribution in [3.63, 3.8) is 0 Å². The molecular weight excluding hydrogens is 268 g/mol. The van der Waals surface area contributed by atoms with Crippen LogP contribution < -0.4 is 5.32 Å². The quantitative estimate of drug-likeness (QED) is 0.655. The number of para-hydroxylation sites is 1. The molecule has 108 valence electrons. The maximum absolute atomic E-state index is 9.31. The monoisotopic (exact) mass is 284 g/mol. The summed E-state index contributed by atoms with van der Waals surface area (Å²) in [6.07, 6.45) is -0.760. The number of anilines is 1. The minimum absolute atomic E-state index is 0.254. The van der Waals surface area contributed by atoms with E-state index in [9.17, 15) is 5.11 Å². The molecule has 0 saturated carbocycles. The van der Waals surface area contributed by atoms with Crippen LogP contribution in [0.1, 0.15) is 0 Å². The Labute approximate surface area is 121 Å². The van der Waals surface area contributed by atoms with Crippen LogP contribution >= 0.6 is 0 Å². The molecule has 1 heterocycles. The first-order valence-corrected chi connectivity index (χ1v) is 6.71. The lowest BCUT2D eigenvalue weighted by atomic mass is 10.2. The Bertz CT molecular complexity index is 724. The second kappa shape index (κ2) is 5.90. The van der Waals surface area contributed by atoms with Gasteiger partial charge in [-0.3, -0.25) is 0 Å². The highest BCUT2D eigenvalue weighted by Gasteiger charge is 2.06. The molecule has 0 bridgehead atoms. The molecule has 3 rings (SSSR count). The Balaban J connectivity index is 1.81. The number of aromatic nitrogens is 3. The molecule has 0 aliphatic carbocycles. The van der Waals surface area contributed by atoms with Crippen LogP contribution in [0.5, 0.6) is 0 Å². The Kier molecular flexibility index (Phi) is 3.81. The predicted molar refractivity (Wildman–Crippen MR) is 80.4 cm³/mol. The van der Waals surface area contributed by atoms with Gasteiger partial charge in [-0.05, 0) is 36.4 Å². The standard InChI is InChI=1S/C15H16N4O2/c20-10-13(21)9-16-11-5-7-12(8-6-11)19-15-4-2-1-3-14(15)17-18-19/h1-8,13,16,20-21H,9-10H2. The third kappa shape index (κ3) is 2.86. The van der Waals surface area contributed by atoms with Gasteiger partial charge in [0.05, 0.1) is 23.9 Å². The average molecular weight is 284 g/mol. The van der Waals surface area contributed by atoms with Gasteiger partial charge in [-0.15, -0.1) is 5.10 Å². The number of rotatable bonds is 5. The summed E-state index contributed by atoms with van der Waals surface area (Å²) in [5, 5.41) is 29.4. The fourth-order valence-corrected chi connectivity index (χ4v) is 2.08. The SMILES string of the molecule is OCC(O)CNc1ccc(-n2nnc3ccccc32)cc1. The van der Waals surface area contributed by atoms with E-state index in [1.807, 2.05) is 48.5 Å². The first-order valence-electron chi connectivity index (χ1n) is 6.71. The largest absolute Gasteiger partial charge is 0.394 e. The smallest absolute Gasteiger partial charge is 0.113 e. The van der Waals surface area contributed by atoms with Crippen molar-refractivity contribution >= 4 is 16.7 Å². The number of nitrogens with one attached hydrogen (secondary N) is 1. The van der Waals surface area contributed by atoms with Gasteiger partial charge in [-0.2, -0.15) is 0 Å². The summed E-state index contributed by atoms with van der Waals surface area (Å²) >= 11 is 0. The average Bonchev–Trinajstić information content (AvgIpc) is 2.97. The van der Waals surface area contributed by atoms with Crippen molar-refractivity contribution in [2.24, 2.45) is 0 Å². The van der Waals surface area contributed by atoms with E-state index in [0.29, 0.717) is 6.54 Å². The van der Waals surface area contributed by atoms with E-state index in [2.05, 4.69) is 15.6 Å². The summed E-state index contributed by atoms with van der Waals surface area (Å²) in [4.78, 5) is 0. The molecule has 1 aromatic heterocycles. The molecule has 3 N–H and O–H groups in total. The molecule has 0 amide bonds. The highest BCUT2D eigenvalue weighted by molar-refractivity contribution is 5.76. The van der Waals surface area contributed by atoms with E-state index in [1.165, 1.54) is 0 Å². The minimum atomic E-state index is -0.760. The number of nitrogens with zero attached hydrogens (tertiary/aromatic N) is 3. The molecule has 0 fully saturated rings. The number of aliphatic hydroxyl groups excluding tert-OH is 2. The van der Waals surface area contributed by atoms with Gasteiger partial charge in [0.25, 0.3) is 0 Å². The van der Waals surface area contributed by atoms with E-state index in [-0.39, 0.29) is 6.61 Å². The molecule has 3 aromatic rings. The molecule has 0 spiro atoms. The maximum atomic E-state index is 9.31. The van der Waals surface area contributed by atoms with Crippen LogP contribution in [0.3, 0.4) is 0 Å². The Morgan fingerprint density at radius 1 is 1.10 bits per heavy atom. The Morgan fingerprint density at radius 3 is 2.62 bits per heavy atom. The lowest BCUT2D eigenvalue weighted by Gasteiger charge is -2.10. The van der Waals surface area contributed by atoms with E-state index < -0.39 is 6.10 Å². The number of hydrogen-bond acceptors (Lipinski definition) is 5. The van der Waals surface area contributed by atoms with Crippen molar-refractivity contribution in [1.82, 2.24) is 15.0 Å². The topological polar surface area (TPSA) is 83.2 Å². The first kappa shape index (κ1) is 13.5. The third-order valence-corrected chi connectivity index (χ3v) is 3.22. The van der Waals surface area contributed by atoms with Gasteiger partial charge < -0.3 is 15.5 Å². The molecule has 0 aliphatic heterocycles. The summed E-state index contributed by atoms with van der Waals surface area (Å²) in [5.41, 5.74) is 3.59. The molecule has 0 aliphatic rings. The van der Waals surface area contributed by atoms with Crippen molar-refractivity contribution < 1.29 is 10.2 Å². The number of hydrogen-bond donors (Lipinski definition) is 3. The van der Waals surface area contributed by atoms with Gasteiger partial charge in [0.15, 0.2) is 0 Å². The van der Waals surface area contributed by atoms with Gasteiger partial charge in [-0.1, -0.05) is 17.3 Å². The zero-order chi connectivity index (χ0) is 14.7. The summed E-state index contributed by atoms with van der Waals surface area (Å²) in [6.45, 7) is 0.0537. The minimum Gasteiger partial charge on any atom is -0.394 e. The predicted octanol–water partition coefficient (Wildman–Crippen LogP) is 1.19. The van der Waals surface area contributed by atoms with E-state index >= 15 is 0 Å². The van der Waals surface area contributed by atoms with Gasteiger partial charge in [-0.25, -0.2) is 4.68 Å². The fourth-order valence-electron chi connectivity index (χ4n) is 2.08. The fraction of sp³-hybridized carbons (Fsp3) is 0.200. The van der Waals surface area contributed by atoms with Crippen molar-refractivity contribution in [3.8, 4) is 5.69 Å². The highest BCUT2D eigenvalue weighted by atomic mass is 16.3. The molecule has 0 radical (unpaired) electrons.